The zero-order valence-corrected chi connectivity index (χ0v) is 12.1. The van der Waals surface area contributed by atoms with Crippen molar-refractivity contribution >= 4 is 16.6 Å². The topological polar surface area (TPSA) is 135 Å². The molecule has 0 saturated heterocycles. The van der Waals surface area contributed by atoms with Gasteiger partial charge in [0.1, 0.15) is 0 Å². The second-order valence-corrected chi connectivity index (χ2v) is 5.41. The van der Waals surface area contributed by atoms with E-state index in [1.165, 1.54) is 0 Å². The Morgan fingerprint density at radius 3 is 2.00 bits per heavy atom. The summed E-state index contributed by atoms with van der Waals surface area (Å²) in [4.78, 5) is 0. The minimum Gasteiger partial charge on any atom is -0.399 e. The number of fused-ring (bicyclic) bond motifs is 1. The summed E-state index contributed by atoms with van der Waals surface area (Å²) in [5.74, 6) is 0. The molecule has 0 bridgehead atoms. The number of hydrogen-bond acceptors (Lipinski definition) is 5. The molecule has 0 amide bonds. The van der Waals surface area contributed by atoms with Crippen LogP contribution in [0.4, 0.5) is 5.69 Å². The van der Waals surface area contributed by atoms with Gasteiger partial charge < -0.3 is 33.2 Å². The first-order valence-electron chi connectivity index (χ1n) is 7.00. The molecule has 10 N–H and O–H groups in total. The highest BCUT2D eigenvalue weighted by atomic mass is 15.0. The van der Waals surface area contributed by atoms with Gasteiger partial charge in [0.05, 0.1) is 17.8 Å². The fourth-order valence-corrected chi connectivity index (χ4v) is 2.55. The zero-order chi connectivity index (χ0) is 15.9. The molecule has 6 nitrogen and oxygen atoms in total. The summed E-state index contributed by atoms with van der Waals surface area (Å²) in [5, 5.41) is 1.09. The van der Waals surface area contributed by atoms with E-state index in [4.69, 9.17) is 28.7 Å². The first-order valence-corrected chi connectivity index (χ1v) is 7.00. The lowest BCUT2D eigenvalue weighted by Crippen LogP contribution is -2.23. The number of nitrogens with two attached hydrogens (primary N) is 5. The van der Waals surface area contributed by atoms with E-state index in [1.54, 1.807) is 0 Å². The summed E-state index contributed by atoms with van der Waals surface area (Å²) in [6.45, 7) is 0. The molecule has 0 radical (unpaired) electrons. The van der Waals surface area contributed by atoms with E-state index in [-0.39, 0.29) is 0 Å². The van der Waals surface area contributed by atoms with Gasteiger partial charge in [-0.1, -0.05) is 6.07 Å². The van der Waals surface area contributed by atoms with Crippen LogP contribution in [-0.2, 0) is 0 Å². The predicted molar refractivity (Wildman–Crippen MR) is 89.9 cm³/mol. The third-order valence-corrected chi connectivity index (χ3v) is 3.73. The van der Waals surface area contributed by atoms with Crippen LogP contribution in [-0.4, -0.2) is 4.57 Å². The molecule has 2 aromatic carbocycles. The van der Waals surface area contributed by atoms with E-state index in [9.17, 15) is 0 Å². The molecule has 0 aliphatic carbocycles. The van der Waals surface area contributed by atoms with Gasteiger partial charge in [0, 0.05) is 23.0 Å². The van der Waals surface area contributed by atoms with Crippen molar-refractivity contribution in [1.82, 2.24) is 4.57 Å². The molecule has 0 saturated carbocycles. The third kappa shape index (κ3) is 2.56. The second kappa shape index (κ2) is 5.43. The largest absolute Gasteiger partial charge is 0.399 e. The Hall–Kier alpha value is -2.38. The van der Waals surface area contributed by atoms with Crippen LogP contribution in [0.1, 0.15) is 23.5 Å². The van der Waals surface area contributed by atoms with Crippen LogP contribution in [0.25, 0.3) is 16.6 Å². The second-order valence-electron chi connectivity index (χ2n) is 5.41. The average Bonchev–Trinajstić information content (AvgIpc) is 2.89. The molecule has 0 spiro atoms. The lowest BCUT2D eigenvalue weighted by molar-refractivity contribution is 0.745. The SMILES string of the molecule is Nc1ccc2ccn(-c3cc(C(N)N)cc(C(N)N)c3)c2c1. The highest BCUT2D eigenvalue weighted by molar-refractivity contribution is 5.84. The van der Waals surface area contributed by atoms with Crippen molar-refractivity contribution in [3.05, 3.63) is 59.8 Å². The van der Waals surface area contributed by atoms with Crippen LogP contribution in [0.2, 0.25) is 0 Å². The van der Waals surface area contributed by atoms with E-state index in [1.807, 2.05) is 53.2 Å². The Balaban J connectivity index is 2.23. The van der Waals surface area contributed by atoms with Crippen LogP contribution in [0.5, 0.6) is 0 Å². The van der Waals surface area contributed by atoms with E-state index in [2.05, 4.69) is 0 Å². The van der Waals surface area contributed by atoms with Gasteiger partial charge in [-0.05, 0) is 47.5 Å². The third-order valence-electron chi connectivity index (χ3n) is 3.73. The molecule has 1 heterocycles. The predicted octanol–water partition coefficient (Wildman–Crippen LogP) is 1.04. The molecule has 3 rings (SSSR count). The Bertz CT molecular complexity index is 792. The first kappa shape index (κ1) is 14.6. The van der Waals surface area contributed by atoms with Crippen molar-refractivity contribution in [1.29, 1.82) is 0 Å². The molecule has 22 heavy (non-hydrogen) atoms. The Morgan fingerprint density at radius 1 is 0.773 bits per heavy atom. The van der Waals surface area contributed by atoms with E-state index in [0.29, 0.717) is 5.69 Å². The number of nitrogen functional groups attached to an aromatic ring is 1. The molecule has 3 aromatic rings. The highest BCUT2D eigenvalue weighted by Gasteiger charge is 2.11. The standard InChI is InChI=1S/C16H20N6/c17-12-2-1-9-3-4-22(14(9)8-12)13-6-10(15(18)19)5-11(7-13)16(20)21/h1-8,15-16H,17-21H2. The van der Waals surface area contributed by atoms with Crippen LogP contribution >= 0.6 is 0 Å². The lowest BCUT2D eigenvalue weighted by Gasteiger charge is -2.15. The molecule has 0 aliphatic rings. The number of aromatic nitrogens is 1. The van der Waals surface area contributed by atoms with E-state index in [0.717, 1.165) is 27.7 Å². The quantitative estimate of drug-likeness (QED) is 0.363. The van der Waals surface area contributed by atoms with Crippen molar-refractivity contribution in [3.63, 3.8) is 0 Å². The number of hydrogen-bond donors (Lipinski definition) is 5. The fourth-order valence-electron chi connectivity index (χ4n) is 2.55. The summed E-state index contributed by atoms with van der Waals surface area (Å²) in [6.07, 6.45) is 0.783. The maximum absolute atomic E-state index is 5.89. The van der Waals surface area contributed by atoms with E-state index >= 15 is 0 Å². The van der Waals surface area contributed by atoms with Crippen molar-refractivity contribution < 1.29 is 0 Å². The summed E-state index contributed by atoms with van der Waals surface area (Å²) in [7, 11) is 0. The summed E-state index contributed by atoms with van der Waals surface area (Å²) >= 11 is 0. The van der Waals surface area contributed by atoms with Crippen molar-refractivity contribution in [3.8, 4) is 5.69 Å². The summed E-state index contributed by atoms with van der Waals surface area (Å²) in [6, 6.07) is 13.5. The molecule has 6 heteroatoms. The minimum atomic E-state index is -0.593. The lowest BCUT2D eigenvalue weighted by atomic mass is 10.1. The maximum atomic E-state index is 5.89. The van der Waals surface area contributed by atoms with Gasteiger partial charge >= 0.3 is 0 Å². The average molecular weight is 296 g/mol. The van der Waals surface area contributed by atoms with Gasteiger partial charge in [-0.3, -0.25) is 0 Å². The van der Waals surface area contributed by atoms with Gasteiger partial charge in [-0.2, -0.15) is 0 Å². The van der Waals surface area contributed by atoms with Gasteiger partial charge in [0.2, 0.25) is 0 Å². The maximum Gasteiger partial charge on any atom is 0.0785 e. The van der Waals surface area contributed by atoms with Crippen LogP contribution in [0.3, 0.4) is 0 Å². The molecular weight excluding hydrogens is 276 g/mol. The minimum absolute atomic E-state index is 0.593. The van der Waals surface area contributed by atoms with Crippen LogP contribution in [0.15, 0.2) is 48.7 Å². The van der Waals surface area contributed by atoms with Gasteiger partial charge in [0.25, 0.3) is 0 Å². The summed E-state index contributed by atoms with van der Waals surface area (Å²) < 4.78 is 2.02. The van der Waals surface area contributed by atoms with E-state index < -0.39 is 12.3 Å². The first-order chi connectivity index (χ1) is 10.5. The van der Waals surface area contributed by atoms with Crippen LogP contribution < -0.4 is 28.7 Å². The molecule has 1 aromatic heterocycles. The fraction of sp³-hybridized carbons (Fsp3) is 0.125. The molecule has 0 atom stereocenters. The number of rotatable bonds is 3. The Labute approximate surface area is 128 Å². The van der Waals surface area contributed by atoms with Crippen molar-refractivity contribution in [2.75, 3.05) is 5.73 Å². The van der Waals surface area contributed by atoms with Gasteiger partial charge in [-0.15, -0.1) is 0 Å². The van der Waals surface area contributed by atoms with Crippen molar-refractivity contribution in [2.45, 2.75) is 12.3 Å². The Morgan fingerprint density at radius 2 is 1.41 bits per heavy atom. The smallest absolute Gasteiger partial charge is 0.0785 e. The molecule has 0 aliphatic heterocycles. The number of anilines is 1. The highest BCUT2D eigenvalue weighted by Crippen LogP contribution is 2.25. The van der Waals surface area contributed by atoms with Crippen LogP contribution in [0, 0.1) is 0 Å². The number of benzene rings is 2. The van der Waals surface area contributed by atoms with Crippen molar-refractivity contribution in [2.24, 2.45) is 22.9 Å². The Kier molecular flexibility index (Phi) is 3.59. The zero-order valence-electron chi connectivity index (χ0n) is 12.1. The van der Waals surface area contributed by atoms with Gasteiger partial charge in [-0.25, -0.2) is 0 Å². The molecule has 0 fully saturated rings. The molecule has 0 unspecified atom stereocenters. The number of nitrogens with zero attached hydrogens (tertiary/aromatic N) is 1. The molecular formula is C16H20N6. The monoisotopic (exact) mass is 296 g/mol. The van der Waals surface area contributed by atoms with Gasteiger partial charge in [0.15, 0.2) is 0 Å². The normalized spacial score (nSPS) is 11.7. The summed E-state index contributed by atoms with van der Waals surface area (Å²) in [5.41, 5.74) is 33.3. The molecule has 114 valence electrons.